The monoisotopic (exact) mass is 296 g/mol. The molecule has 6 nitrogen and oxygen atoms in total. The first kappa shape index (κ1) is 14.5. The lowest BCUT2D eigenvalue weighted by Crippen LogP contribution is -2.26. The number of fused-ring (bicyclic) bond motifs is 1. The molecule has 0 fully saturated rings. The fourth-order valence-electron chi connectivity index (χ4n) is 1.72. The standard InChI is InChI=1S/C13H16N2O4S/c1-13(2,3)19-12(16)15-7-9-4-5-11(20(14,17)18)6-10(9)8-15/h4-8H,1-3H3,(H2,14,17,18). The van der Waals surface area contributed by atoms with Gasteiger partial charge in [0.05, 0.1) is 4.90 Å². The summed E-state index contributed by atoms with van der Waals surface area (Å²) < 4.78 is 29.1. The van der Waals surface area contributed by atoms with Gasteiger partial charge >= 0.3 is 6.09 Å². The number of nitrogens with two attached hydrogens (primary N) is 1. The number of carbonyl (C=O) groups is 1. The zero-order valence-corrected chi connectivity index (χ0v) is 12.3. The third kappa shape index (κ3) is 3.17. The number of rotatable bonds is 1. The van der Waals surface area contributed by atoms with E-state index in [1.807, 2.05) is 0 Å². The molecule has 1 aromatic heterocycles. The summed E-state index contributed by atoms with van der Waals surface area (Å²) in [6.07, 6.45) is 2.57. The van der Waals surface area contributed by atoms with Crippen molar-refractivity contribution < 1.29 is 17.9 Å². The maximum atomic E-state index is 11.9. The molecule has 108 valence electrons. The SMILES string of the molecule is CC(C)(C)OC(=O)n1cc2ccc(S(N)(=O)=O)cc2c1. The van der Waals surface area contributed by atoms with E-state index in [-0.39, 0.29) is 4.90 Å². The molecule has 0 atom stereocenters. The number of benzene rings is 1. The number of ether oxygens (including phenoxy) is 1. The van der Waals surface area contributed by atoms with Gasteiger partial charge in [0.1, 0.15) is 5.60 Å². The molecule has 7 heteroatoms. The molecule has 0 aliphatic rings. The molecule has 0 spiro atoms. The molecular weight excluding hydrogens is 280 g/mol. The lowest BCUT2D eigenvalue weighted by Gasteiger charge is -2.19. The molecule has 0 bridgehead atoms. The van der Waals surface area contributed by atoms with E-state index < -0.39 is 21.7 Å². The lowest BCUT2D eigenvalue weighted by molar-refractivity contribution is 0.0538. The second-order valence-corrected chi connectivity index (χ2v) is 7.04. The molecule has 2 N–H and O–H groups in total. The fraction of sp³-hybridized carbons (Fsp3) is 0.308. The van der Waals surface area contributed by atoms with Crippen LogP contribution < -0.4 is 5.14 Å². The number of primary sulfonamides is 1. The highest BCUT2D eigenvalue weighted by molar-refractivity contribution is 7.89. The van der Waals surface area contributed by atoms with Crippen LogP contribution in [0, 0.1) is 0 Å². The molecule has 0 aliphatic carbocycles. The van der Waals surface area contributed by atoms with Gasteiger partial charge in [-0.15, -0.1) is 0 Å². The fourth-order valence-corrected chi connectivity index (χ4v) is 2.27. The van der Waals surface area contributed by atoms with E-state index in [1.54, 1.807) is 33.0 Å². The van der Waals surface area contributed by atoms with Gasteiger partial charge in [-0.2, -0.15) is 0 Å². The Morgan fingerprint density at radius 3 is 2.35 bits per heavy atom. The summed E-state index contributed by atoms with van der Waals surface area (Å²) >= 11 is 0. The van der Waals surface area contributed by atoms with E-state index in [9.17, 15) is 13.2 Å². The summed E-state index contributed by atoms with van der Waals surface area (Å²) in [4.78, 5) is 11.9. The van der Waals surface area contributed by atoms with E-state index in [0.717, 1.165) is 5.39 Å². The van der Waals surface area contributed by atoms with Crippen molar-refractivity contribution in [2.45, 2.75) is 31.3 Å². The average Bonchev–Trinajstić information content (AvgIpc) is 2.67. The highest BCUT2D eigenvalue weighted by Gasteiger charge is 2.18. The third-order valence-electron chi connectivity index (χ3n) is 2.55. The van der Waals surface area contributed by atoms with Crippen LogP contribution in [0.15, 0.2) is 35.5 Å². The average molecular weight is 296 g/mol. The van der Waals surface area contributed by atoms with Crippen LogP contribution in [0.1, 0.15) is 20.8 Å². The Kier molecular flexibility index (Phi) is 3.35. The van der Waals surface area contributed by atoms with Crippen LogP contribution in [0.4, 0.5) is 4.79 Å². The maximum absolute atomic E-state index is 11.9. The van der Waals surface area contributed by atoms with Crippen LogP contribution in [0.5, 0.6) is 0 Å². The third-order valence-corrected chi connectivity index (χ3v) is 3.46. The Bertz CT molecular complexity index is 769. The summed E-state index contributed by atoms with van der Waals surface area (Å²) in [7, 11) is -3.76. The molecule has 2 rings (SSSR count). The van der Waals surface area contributed by atoms with Gasteiger partial charge in [0.25, 0.3) is 0 Å². The van der Waals surface area contributed by atoms with Crippen molar-refractivity contribution >= 4 is 26.9 Å². The van der Waals surface area contributed by atoms with Gasteiger partial charge < -0.3 is 4.74 Å². The van der Waals surface area contributed by atoms with Crippen LogP contribution in [0.25, 0.3) is 10.8 Å². The minimum Gasteiger partial charge on any atom is -0.443 e. The molecule has 0 saturated heterocycles. The van der Waals surface area contributed by atoms with Crippen molar-refractivity contribution in [1.82, 2.24) is 4.57 Å². The quantitative estimate of drug-likeness (QED) is 0.872. The summed E-state index contributed by atoms with van der Waals surface area (Å²) in [6.45, 7) is 5.31. The molecule has 0 saturated carbocycles. The minimum absolute atomic E-state index is 0.00642. The topological polar surface area (TPSA) is 91.4 Å². The molecular formula is C13H16N2O4S. The largest absolute Gasteiger partial charge is 0.443 e. The summed E-state index contributed by atoms with van der Waals surface area (Å²) in [6, 6.07) is 4.42. The molecule has 0 unspecified atom stereocenters. The Morgan fingerprint density at radius 1 is 1.20 bits per heavy atom. The van der Waals surface area contributed by atoms with Crippen molar-refractivity contribution in [2.24, 2.45) is 5.14 Å². The minimum atomic E-state index is -3.76. The Morgan fingerprint density at radius 2 is 1.80 bits per heavy atom. The molecule has 1 aromatic carbocycles. The Balaban J connectivity index is 2.42. The summed E-state index contributed by atoms with van der Waals surface area (Å²) in [5.74, 6) is 0. The molecule has 20 heavy (non-hydrogen) atoms. The highest BCUT2D eigenvalue weighted by atomic mass is 32.2. The van der Waals surface area contributed by atoms with E-state index in [1.165, 1.54) is 22.9 Å². The number of sulfonamides is 1. The van der Waals surface area contributed by atoms with Gasteiger partial charge in [-0.05, 0) is 32.9 Å². The second kappa shape index (κ2) is 4.60. The first-order valence-electron chi connectivity index (χ1n) is 5.94. The van der Waals surface area contributed by atoms with Gasteiger partial charge in [-0.1, -0.05) is 6.07 Å². The normalized spacial score (nSPS) is 12.6. The number of hydrogen-bond donors (Lipinski definition) is 1. The smallest absolute Gasteiger partial charge is 0.418 e. The molecule has 1 heterocycles. The van der Waals surface area contributed by atoms with Gasteiger partial charge in [-0.25, -0.2) is 18.4 Å². The zero-order valence-electron chi connectivity index (χ0n) is 11.5. The number of aromatic nitrogens is 1. The van der Waals surface area contributed by atoms with E-state index in [4.69, 9.17) is 9.88 Å². The van der Waals surface area contributed by atoms with E-state index in [2.05, 4.69) is 0 Å². The van der Waals surface area contributed by atoms with Gasteiger partial charge in [0.15, 0.2) is 0 Å². The lowest BCUT2D eigenvalue weighted by atomic mass is 10.2. The van der Waals surface area contributed by atoms with Gasteiger partial charge in [0, 0.05) is 23.2 Å². The molecule has 2 aromatic rings. The van der Waals surface area contributed by atoms with Crippen LogP contribution in [-0.4, -0.2) is 24.7 Å². The Labute approximate surface area is 117 Å². The van der Waals surface area contributed by atoms with Crippen molar-refractivity contribution in [2.75, 3.05) is 0 Å². The van der Waals surface area contributed by atoms with Crippen molar-refractivity contribution in [3.8, 4) is 0 Å². The highest BCUT2D eigenvalue weighted by Crippen LogP contribution is 2.20. The van der Waals surface area contributed by atoms with E-state index >= 15 is 0 Å². The maximum Gasteiger partial charge on any atom is 0.418 e. The van der Waals surface area contributed by atoms with Crippen LogP contribution in [-0.2, 0) is 14.8 Å². The number of carbonyl (C=O) groups excluding carboxylic acids is 1. The molecule has 0 amide bonds. The van der Waals surface area contributed by atoms with Gasteiger partial charge in [-0.3, -0.25) is 4.57 Å². The predicted molar refractivity (Wildman–Crippen MR) is 74.9 cm³/mol. The van der Waals surface area contributed by atoms with Gasteiger partial charge in [0.2, 0.25) is 10.0 Å². The van der Waals surface area contributed by atoms with Crippen LogP contribution in [0.3, 0.4) is 0 Å². The summed E-state index contributed by atoms with van der Waals surface area (Å²) in [5, 5.41) is 6.40. The van der Waals surface area contributed by atoms with Crippen molar-refractivity contribution in [3.05, 3.63) is 30.6 Å². The molecule has 0 radical (unpaired) electrons. The van der Waals surface area contributed by atoms with Crippen molar-refractivity contribution in [1.29, 1.82) is 0 Å². The Hall–Kier alpha value is -1.86. The first-order chi connectivity index (χ1) is 9.06. The van der Waals surface area contributed by atoms with Crippen molar-refractivity contribution in [3.63, 3.8) is 0 Å². The van der Waals surface area contributed by atoms with Crippen LogP contribution in [0.2, 0.25) is 0 Å². The van der Waals surface area contributed by atoms with E-state index in [0.29, 0.717) is 5.39 Å². The second-order valence-electron chi connectivity index (χ2n) is 5.48. The number of nitrogens with zero attached hydrogens (tertiary/aromatic N) is 1. The molecule has 0 aliphatic heterocycles. The summed E-state index contributed by atoms with van der Waals surface area (Å²) in [5.41, 5.74) is -0.598. The number of hydrogen-bond acceptors (Lipinski definition) is 4. The van der Waals surface area contributed by atoms with Crippen LogP contribution >= 0.6 is 0 Å². The zero-order chi connectivity index (χ0) is 15.1. The first-order valence-corrected chi connectivity index (χ1v) is 7.49. The predicted octanol–water partition coefficient (Wildman–Crippen LogP) is 2.07.